The van der Waals surface area contributed by atoms with Gasteiger partial charge >= 0.3 is 0 Å². The maximum Gasteiger partial charge on any atom is 0.231 e. The van der Waals surface area contributed by atoms with Crippen molar-refractivity contribution in [3.63, 3.8) is 0 Å². The van der Waals surface area contributed by atoms with Gasteiger partial charge in [0.05, 0.1) is 35.2 Å². The fraction of sp³-hybridized carbons (Fsp3) is 0.231. The van der Waals surface area contributed by atoms with Gasteiger partial charge in [0.1, 0.15) is 12.8 Å². The summed E-state index contributed by atoms with van der Waals surface area (Å²) in [7, 11) is 1.55. The van der Waals surface area contributed by atoms with E-state index in [-0.39, 0.29) is 12.6 Å². The highest BCUT2D eigenvalue weighted by molar-refractivity contribution is 6.38. The third-order valence-corrected chi connectivity index (χ3v) is 6.07. The van der Waals surface area contributed by atoms with Gasteiger partial charge in [0, 0.05) is 29.4 Å². The Morgan fingerprint density at radius 1 is 1.11 bits per heavy atom. The molecule has 5 aromatic rings. The van der Waals surface area contributed by atoms with Crippen molar-refractivity contribution in [3.05, 3.63) is 66.1 Å². The van der Waals surface area contributed by atoms with Crippen LogP contribution in [0.5, 0.6) is 11.5 Å². The summed E-state index contributed by atoms with van der Waals surface area (Å²) >= 11 is 6.65. The second kappa shape index (κ2) is 11.1. The van der Waals surface area contributed by atoms with Gasteiger partial charge in [-0.15, -0.1) is 5.10 Å². The molecule has 196 valence electrons. The number of anilines is 2. The first-order valence-electron chi connectivity index (χ1n) is 11.9. The normalized spacial score (nSPS) is 12.2. The Bertz CT molecular complexity index is 1540. The molecule has 38 heavy (non-hydrogen) atoms. The minimum atomic E-state index is -0.807. The maximum absolute atomic E-state index is 10.1. The summed E-state index contributed by atoms with van der Waals surface area (Å²) in [6.45, 7) is 3.96. The third-order valence-electron chi connectivity index (χ3n) is 5.66. The second-order valence-electron chi connectivity index (χ2n) is 8.77. The number of H-pyrrole nitrogens is 1. The van der Waals surface area contributed by atoms with Gasteiger partial charge in [-0.1, -0.05) is 11.6 Å². The fourth-order valence-electron chi connectivity index (χ4n) is 3.91. The van der Waals surface area contributed by atoms with Gasteiger partial charge in [0.15, 0.2) is 17.3 Å². The number of ether oxygens (including phenoxy) is 2. The molecule has 0 spiro atoms. The Morgan fingerprint density at radius 3 is 2.68 bits per heavy atom. The number of aliphatic hydroxyl groups excluding tert-OH is 1. The number of pyridine rings is 1. The van der Waals surface area contributed by atoms with Crippen molar-refractivity contribution in [1.82, 2.24) is 35.3 Å². The van der Waals surface area contributed by atoms with Gasteiger partial charge in [-0.25, -0.2) is 0 Å². The highest BCUT2D eigenvalue weighted by Gasteiger charge is 2.18. The van der Waals surface area contributed by atoms with Crippen LogP contribution in [0.15, 0.2) is 61.1 Å². The van der Waals surface area contributed by atoms with Crippen molar-refractivity contribution in [2.75, 3.05) is 19.0 Å². The van der Waals surface area contributed by atoms with Crippen LogP contribution in [-0.4, -0.2) is 61.0 Å². The van der Waals surface area contributed by atoms with Gasteiger partial charge in [-0.3, -0.25) is 15.4 Å². The lowest BCUT2D eigenvalue weighted by Crippen LogP contribution is -2.38. The monoisotopic (exact) mass is 534 g/mol. The maximum atomic E-state index is 10.1. The van der Waals surface area contributed by atoms with Gasteiger partial charge < -0.3 is 19.9 Å². The van der Waals surface area contributed by atoms with Crippen LogP contribution in [0.3, 0.4) is 0 Å². The first-order valence-corrected chi connectivity index (χ1v) is 12.3. The molecule has 5 rings (SSSR count). The van der Waals surface area contributed by atoms with Gasteiger partial charge in [-0.2, -0.15) is 14.8 Å². The summed E-state index contributed by atoms with van der Waals surface area (Å²) in [5.41, 5.74) is 2.96. The zero-order valence-electron chi connectivity index (χ0n) is 21.0. The van der Waals surface area contributed by atoms with Crippen LogP contribution in [0.2, 0.25) is 5.02 Å². The summed E-state index contributed by atoms with van der Waals surface area (Å²) in [5, 5.41) is 29.4. The smallest absolute Gasteiger partial charge is 0.231 e. The summed E-state index contributed by atoms with van der Waals surface area (Å²) in [4.78, 5) is 8.87. The molecule has 3 aromatic heterocycles. The molecule has 0 aliphatic heterocycles. The van der Waals surface area contributed by atoms with E-state index in [1.54, 1.807) is 42.5 Å². The van der Waals surface area contributed by atoms with Crippen LogP contribution in [-0.2, 0) is 0 Å². The number of benzene rings is 2. The number of rotatable bonds is 10. The molecule has 0 saturated carbocycles. The Kier molecular flexibility index (Phi) is 7.40. The molecule has 0 saturated heterocycles. The number of aromatic nitrogens is 6. The number of aliphatic hydroxyl groups is 1. The summed E-state index contributed by atoms with van der Waals surface area (Å²) < 4.78 is 13.0. The molecule has 0 amide bonds. The Labute approximate surface area is 223 Å². The molecule has 0 bridgehead atoms. The lowest BCUT2D eigenvalue weighted by Gasteiger charge is -2.17. The molecule has 0 aliphatic rings. The molecular formula is C26H27ClN8O3. The molecule has 12 heteroatoms. The number of hydrogen-bond donors (Lipinski definition) is 4. The number of aromatic amines is 1. The van der Waals surface area contributed by atoms with E-state index < -0.39 is 6.23 Å². The SMILES string of the molecule is COc1cc(-c2nc(Nc3ccc4[nH]ncc4c3Cl)n(-c3ccncc3)n2)ccc1OCC(O)NC(C)C. The number of hydrogen-bond acceptors (Lipinski definition) is 9. The van der Waals surface area contributed by atoms with Crippen molar-refractivity contribution < 1.29 is 14.6 Å². The first kappa shape index (κ1) is 25.5. The Balaban J connectivity index is 1.48. The summed E-state index contributed by atoms with van der Waals surface area (Å²) in [5.74, 6) is 1.89. The minimum absolute atomic E-state index is 0.0681. The van der Waals surface area contributed by atoms with E-state index in [1.165, 1.54) is 0 Å². The lowest BCUT2D eigenvalue weighted by molar-refractivity contribution is 0.0707. The van der Waals surface area contributed by atoms with E-state index >= 15 is 0 Å². The zero-order chi connectivity index (χ0) is 26.6. The second-order valence-corrected chi connectivity index (χ2v) is 9.15. The van der Waals surface area contributed by atoms with E-state index in [0.29, 0.717) is 39.5 Å². The number of fused-ring (bicyclic) bond motifs is 1. The van der Waals surface area contributed by atoms with E-state index in [1.807, 2.05) is 44.2 Å². The topological polar surface area (TPSA) is 135 Å². The average Bonchev–Trinajstić information content (AvgIpc) is 3.57. The van der Waals surface area contributed by atoms with Crippen molar-refractivity contribution in [3.8, 4) is 28.6 Å². The molecule has 4 N–H and O–H groups in total. The van der Waals surface area contributed by atoms with Crippen molar-refractivity contribution >= 4 is 34.1 Å². The van der Waals surface area contributed by atoms with E-state index in [4.69, 9.17) is 31.2 Å². The molecule has 0 radical (unpaired) electrons. The molecule has 11 nitrogen and oxygen atoms in total. The van der Waals surface area contributed by atoms with Crippen molar-refractivity contribution in [1.29, 1.82) is 0 Å². The molecule has 0 fully saturated rings. The number of halogens is 1. The van der Waals surface area contributed by atoms with Crippen LogP contribution in [0.1, 0.15) is 13.8 Å². The number of nitrogens with zero attached hydrogens (tertiary/aromatic N) is 5. The van der Waals surface area contributed by atoms with E-state index in [0.717, 1.165) is 16.6 Å². The number of nitrogens with one attached hydrogen (secondary N) is 3. The highest BCUT2D eigenvalue weighted by Crippen LogP contribution is 2.35. The minimum Gasteiger partial charge on any atom is -0.493 e. The van der Waals surface area contributed by atoms with E-state index in [2.05, 4.69) is 25.8 Å². The Hall–Kier alpha value is -4.19. The first-order chi connectivity index (χ1) is 18.4. The largest absolute Gasteiger partial charge is 0.493 e. The standard InChI is InChI=1S/C26H27ClN8O3/c1-15(2)30-23(36)14-38-21-7-4-16(12-22(21)37-3)25-32-26(35(34-25)17-8-10-28-11-9-17)31-20-6-5-19-18(24(20)27)13-29-33-19/h4-13,15,23,30,36H,14H2,1-3H3,(H,29,33)(H,31,32,34). The van der Waals surface area contributed by atoms with Crippen molar-refractivity contribution in [2.45, 2.75) is 26.1 Å². The predicted molar refractivity (Wildman–Crippen MR) is 145 cm³/mol. The number of methoxy groups -OCH3 is 1. The van der Waals surface area contributed by atoms with E-state index in [9.17, 15) is 5.11 Å². The Morgan fingerprint density at radius 2 is 1.92 bits per heavy atom. The molecule has 3 heterocycles. The molecule has 1 unspecified atom stereocenters. The highest BCUT2D eigenvalue weighted by atomic mass is 35.5. The van der Waals surface area contributed by atoms with Crippen LogP contribution >= 0.6 is 11.6 Å². The van der Waals surface area contributed by atoms with Gasteiger partial charge in [-0.05, 0) is 56.3 Å². The fourth-order valence-corrected chi connectivity index (χ4v) is 4.17. The summed E-state index contributed by atoms with van der Waals surface area (Å²) in [6, 6.07) is 12.9. The van der Waals surface area contributed by atoms with Crippen LogP contribution in [0, 0.1) is 0 Å². The average molecular weight is 535 g/mol. The van der Waals surface area contributed by atoms with Crippen LogP contribution in [0.25, 0.3) is 28.0 Å². The lowest BCUT2D eigenvalue weighted by atomic mass is 10.2. The van der Waals surface area contributed by atoms with Crippen molar-refractivity contribution in [2.24, 2.45) is 0 Å². The molecular weight excluding hydrogens is 508 g/mol. The molecule has 0 aliphatic carbocycles. The molecule has 2 aromatic carbocycles. The van der Waals surface area contributed by atoms with Crippen LogP contribution < -0.4 is 20.1 Å². The van der Waals surface area contributed by atoms with Gasteiger partial charge in [0.25, 0.3) is 0 Å². The third kappa shape index (κ3) is 5.40. The molecule has 1 atom stereocenters. The van der Waals surface area contributed by atoms with Gasteiger partial charge in [0.2, 0.25) is 5.95 Å². The van der Waals surface area contributed by atoms with Crippen LogP contribution in [0.4, 0.5) is 11.6 Å². The zero-order valence-corrected chi connectivity index (χ0v) is 21.8. The quantitative estimate of drug-likeness (QED) is 0.193. The summed E-state index contributed by atoms with van der Waals surface area (Å²) in [6.07, 6.45) is 4.24. The predicted octanol–water partition coefficient (Wildman–Crippen LogP) is 4.31.